The van der Waals surface area contributed by atoms with Gasteiger partial charge >= 0.3 is 5.97 Å². The quantitative estimate of drug-likeness (QED) is 0.639. The third-order valence-corrected chi connectivity index (χ3v) is 2.95. The SMILES string of the molecule is COC(=O)CNC1CCCCC1CN. The number of nitrogens with two attached hydrogens (primary N) is 1. The van der Waals surface area contributed by atoms with E-state index in [0.717, 1.165) is 6.42 Å². The Hall–Kier alpha value is -0.610. The molecule has 0 amide bonds. The first-order valence-corrected chi connectivity index (χ1v) is 5.28. The Labute approximate surface area is 85.2 Å². The van der Waals surface area contributed by atoms with Gasteiger partial charge in [-0.25, -0.2) is 0 Å². The molecule has 0 aromatic carbocycles. The van der Waals surface area contributed by atoms with Gasteiger partial charge in [0.05, 0.1) is 13.7 Å². The number of carbonyl (C=O) groups excluding carboxylic acids is 1. The van der Waals surface area contributed by atoms with Gasteiger partial charge in [-0.15, -0.1) is 0 Å². The standard InChI is InChI=1S/C10H20N2O2/c1-14-10(13)7-12-9-5-3-2-4-8(9)6-11/h8-9,12H,2-7,11H2,1H3. The number of hydrogen-bond donors (Lipinski definition) is 2. The zero-order valence-electron chi connectivity index (χ0n) is 8.79. The van der Waals surface area contributed by atoms with Gasteiger partial charge < -0.3 is 15.8 Å². The van der Waals surface area contributed by atoms with E-state index in [4.69, 9.17) is 5.73 Å². The van der Waals surface area contributed by atoms with Crippen molar-refractivity contribution in [2.45, 2.75) is 31.7 Å². The van der Waals surface area contributed by atoms with Crippen molar-refractivity contribution < 1.29 is 9.53 Å². The predicted molar refractivity (Wildman–Crippen MR) is 54.8 cm³/mol. The molecule has 1 aliphatic carbocycles. The van der Waals surface area contributed by atoms with Crippen molar-refractivity contribution in [2.75, 3.05) is 20.2 Å². The van der Waals surface area contributed by atoms with Crippen LogP contribution in [0.5, 0.6) is 0 Å². The van der Waals surface area contributed by atoms with Crippen molar-refractivity contribution >= 4 is 5.97 Å². The van der Waals surface area contributed by atoms with Crippen LogP contribution in [0.25, 0.3) is 0 Å². The van der Waals surface area contributed by atoms with Crippen molar-refractivity contribution in [2.24, 2.45) is 11.7 Å². The summed E-state index contributed by atoms with van der Waals surface area (Å²) in [5, 5.41) is 3.22. The fourth-order valence-electron chi connectivity index (χ4n) is 2.05. The van der Waals surface area contributed by atoms with E-state index in [1.807, 2.05) is 0 Å². The Morgan fingerprint density at radius 2 is 2.21 bits per heavy atom. The van der Waals surface area contributed by atoms with E-state index in [0.29, 0.717) is 25.0 Å². The van der Waals surface area contributed by atoms with E-state index in [-0.39, 0.29) is 5.97 Å². The maximum atomic E-state index is 10.9. The zero-order chi connectivity index (χ0) is 10.4. The first-order chi connectivity index (χ1) is 6.77. The average Bonchev–Trinajstić information content (AvgIpc) is 2.26. The fourth-order valence-corrected chi connectivity index (χ4v) is 2.05. The number of rotatable bonds is 4. The summed E-state index contributed by atoms with van der Waals surface area (Å²) in [6, 6.07) is 0.396. The number of esters is 1. The zero-order valence-corrected chi connectivity index (χ0v) is 8.79. The molecule has 1 rings (SSSR count). The lowest BCUT2D eigenvalue weighted by Gasteiger charge is -2.31. The maximum absolute atomic E-state index is 10.9. The van der Waals surface area contributed by atoms with Crippen LogP contribution in [0.4, 0.5) is 0 Å². The molecule has 0 aromatic rings. The molecule has 0 spiro atoms. The summed E-state index contributed by atoms with van der Waals surface area (Å²) in [6.45, 7) is 1.01. The Morgan fingerprint density at radius 3 is 2.86 bits per heavy atom. The van der Waals surface area contributed by atoms with Crippen LogP contribution in [-0.2, 0) is 9.53 Å². The largest absolute Gasteiger partial charge is 0.468 e. The normalized spacial score (nSPS) is 27.3. The number of hydrogen-bond acceptors (Lipinski definition) is 4. The number of ether oxygens (including phenoxy) is 1. The Kier molecular flexibility index (Phi) is 4.90. The van der Waals surface area contributed by atoms with Crippen molar-refractivity contribution in [3.63, 3.8) is 0 Å². The highest BCUT2D eigenvalue weighted by Crippen LogP contribution is 2.23. The average molecular weight is 200 g/mol. The number of nitrogens with one attached hydrogen (secondary N) is 1. The summed E-state index contributed by atoms with van der Waals surface area (Å²) in [6.07, 6.45) is 4.79. The summed E-state index contributed by atoms with van der Waals surface area (Å²) in [4.78, 5) is 10.9. The van der Waals surface area contributed by atoms with Gasteiger partial charge in [0.15, 0.2) is 0 Å². The minimum absolute atomic E-state index is 0.202. The lowest BCUT2D eigenvalue weighted by molar-refractivity contribution is -0.139. The first kappa shape index (κ1) is 11.5. The van der Waals surface area contributed by atoms with Crippen molar-refractivity contribution in [1.82, 2.24) is 5.32 Å². The highest BCUT2D eigenvalue weighted by Gasteiger charge is 2.23. The van der Waals surface area contributed by atoms with Crippen LogP contribution >= 0.6 is 0 Å². The molecular weight excluding hydrogens is 180 g/mol. The van der Waals surface area contributed by atoms with Gasteiger partial charge in [-0.2, -0.15) is 0 Å². The van der Waals surface area contributed by atoms with E-state index in [1.54, 1.807) is 0 Å². The second-order valence-electron chi connectivity index (χ2n) is 3.84. The summed E-state index contributed by atoms with van der Waals surface area (Å²) >= 11 is 0. The molecular formula is C10H20N2O2. The third kappa shape index (κ3) is 3.27. The highest BCUT2D eigenvalue weighted by molar-refractivity contribution is 5.71. The Balaban J connectivity index is 2.29. The van der Waals surface area contributed by atoms with Crippen LogP contribution in [0.1, 0.15) is 25.7 Å². The van der Waals surface area contributed by atoms with Crippen molar-refractivity contribution in [1.29, 1.82) is 0 Å². The number of carbonyl (C=O) groups is 1. The molecule has 2 unspecified atom stereocenters. The lowest BCUT2D eigenvalue weighted by atomic mass is 9.84. The van der Waals surface area contributed by atoms with Gasteiger partial charge in [0.1, 0.15) is 0 Å². The molecule has 1 saturated carbocycles. The maximum Gasteiger partial charge on any atom is 0.319 e. The Bertz CT molecular complexity index is 185. The molecule has 82 valence electrons. The van der Waals surface area contributed by atoms with E-state index in [9.17, 15) is 4.79 Å². The van der Waals surface area contributed by atoms with Crippen LogP contribution in [0, 0.1) is 5.92 Å². The highest BCUT2D eigenvalue weighted by atomic mass is 16.5. The van der Waals surface area contributed by atoms with E-state index in [2.05, 4.69) is 10.1 Å². The van der Waals surface area contributed by atoms with Crippen LogP contribution in [0.15, 0.2) is 0 Å². The molecule has 0 heterocycles. The number of methoxy groups -OCH3 is 1. The van der Waals surface area contributed by atoms with Gasteiger partial charge in [0.2, 0.25) is 0 Å². The van der Waals surface area contributed by atoms with Gasteiger partial charge in [0, 0.05) is 6.04 Å². The second-order valence-corrected chi connectivity index (χ2v) is 3.84. The summed E-state index contributed by atoms with van der Waals surface area (Å²) in [7, 11) is 1.41. The molecule has 4 nitrogen and oxygen atoms in total. The van der Waals surface area contributed by atoms with Gasteiger partial charge in [0.25, 0.3) is 0 Å². The molecule has 14 heavy (non-hydrogen) atoms. The lowest BCUT2D eigenvalue weighted by Crippen LogP contribution is -2.44. The van der Waals surface area contributed by atoms with Gasteiger partial charge in [-0.05, 0) is 25.3 Å². The van der Waals surface area contributed by atoms with Crippen LogP contribution < -0.4 is 11.1 Å². The van der Waals surface area contributed by atoms with E-state index >= 15 is 0 Å². The van der Waals surface area contributed by atoms with Crippen molar-refractivity contribution in [3.8, 4) is 0 Å². The van der Waals surface area contributed by atoms with Gasteiger partial charge in [-0.1, -0.05) is 12.8 Å². The predicted octanol–water partition coefficient (Wildman–Crippen LogP) is 0.267. The molecule has 3 N–H and O–H groups in total. The molecule has 1 fully saturated rings. The molecule has 0 radical (unpaired) electrons. The molecule has 0 aromatic heterocycles. The topological polar surface area (TPSA) is 64.3 Å². The van der Waals surface area contributed by atoms with Crippen LogP contribution in [0.2, 0.25) is 0 Å². The monoisotopic (exact) mass is 200 g/mol. The van der Waals surface area contributed by atoms with Crippen LogP contribution in [-0.4, -0.2) is 32.2 Å². The first-order valence-electron chi connectivity index (χ1n) is 5.28. The molecule has 4 heteroatoms. The molecule has 2 atom stereocenters. The third-order valence-electron chi connectivity index (χ3n) is 2.95. The smallest absolute Gasteiger partial charge is 0.319 e. The van der Waals surface area contributed by atoms with Gasteiger partial charge in [-0.3, -0.25) is 4.79 Å². The molecule has 0 bridgehead atoms. The second kappa shape index (κ2) is 5.98. The van der Waals surface area contributed by atoms with E-state index in [1.165, 1.54) is 26.4 Å². The minimum Gasteiger partial charge on any atom is -0.468 e. The molecule has 0 saturated heterocycles. The summed E-state index contributed by atoms with van der Waals surface area (Å²) in [5.41, 5.74) is 5.68. The summed E-state index contributed by atoms with van der Waals surface area (Å²) in [5.74, 6) is 0.319. The molecule has 1 aliphatic rings. The minimum atomic E-state index is -0.202. The van der Waals surface area contributed by atoms with Crippen molar-refractivity contribution in [3.05, 3.63) is 0 Å². The fraction of sp³-hybridized carbons (Fsp3) is 0.900. The Morgan fingerprint density at radius 1 is 1.50 bits per heavy atom. The molecule has 0 aliphatic heterocycles. The van der Waals surface area contributed by atoms with E-state index < -0.39 is 0 Å². The summed E-state index contributed by atoms with van der Waals surface area (Å²) < 4.78 is 4.58. The van der Waals surface area contributed by atoms with Crippen LogP contribution in [0.3, 0.4) is 0 Å².